The largest absolute Gasteiger partial charge is 0.491 e. The van der Waals surface area contributed by atoms with Gasteiger partial charge in [-0.2, -0.15) is 0 Å². The summed E-state index contributed by atoms with van der Waals surface area (Å²) < 4.78 is 30.0. The molecule has 34 heavy (non-hydrogen) atoms. The van der Waals surface area contributed by atoms with Gasteiger partial charge in [-0.25, -0.2) is 9.79 Å². The fourth-order valence-corrected chi connectivity index (χ4v) is 5.45. The van der Waals surface area contributed by atoms with Crippen LogP contribution >= 0.6 is 11.6 Å². The van der Waals surface area contributed by atoms with Gasteiger partial charge < -0.3 is 26.4 Å². The van der Waals surface area contributed by atoms with Gasteiger partial charge in [-0.3, -0.25) is 9.88 Å². The Labute approximate surface area is 208 Å². The quantitative estimate of drug-likeness (QED) is 0.283. The number of nitrogen functional groups attached to an aromatic ring is 1. The van der Waals surface area contributed by atoms with Crippen LogP contribution in [0.3, 0.4) is 0 Å². The van der Waals surface area contributed by atoms with Gasteiger partial charge in [-0.15, -0.1) is 0 Å². The maximum Gasteiger partial charge on any atom is 0.323 e. The molecule has 2 fully saturated rings. The van der Waals surface area contributed by atoms with Crippen molar-refractivity contribution < 1.29 is 13.6 Å². The third-order valence-electron chi connectivity index (χ3n) is 7.01. The minimum atomic E-state index is -2.68. The summed E-state index contributed by atoms with van der Waals surface area (Å²) >= 11 is 6.30. The third kappa shape index (κ3) is 3.63. The smallest absolute Gasteiger partial charge is 0.323 e. The topological polar surface area (TPSA) is 117 Å². The van der Waals surface area contributed by atoms with E-state index in [2.05, 4.69) is 25.9 Å². The van der Waals surface area contributed by atoms with Crippen molar-refractivity contribution in [3.8, 4) is 5.75 Å². The fraction of sp³-hybridized carbons (Fsp3) is 0.458. The van der Waals surface area contributed by atoms with E-state index in [0.29, 0.717) is 37.4 Å². The van der Waals surface area contributed by atoms with Crippen LogP contribution in [0.15, 0.2) is 41.3 Å². The molecule has 3 heterocycles. The number of rotatable bonds is 6. The number of nitrogens with one attached hydrogen (secondary N) is 3. The van der Waals surface area contributed by atoms with Gasteiger partial charge in [-0.05, 0) is 55.1 Å². The first kappa shape index (κ1) is 19.3. The zero-order valence-corrected chi connectivity index (χ0v) is 19.7. The van der Waals surface area contributed by atoms with Crippen molar-refractivity contribution in [1.82, 2.24) is 25.8 Å². The number of halogens is 1. The van der Waals surface area contributed by atoms with Crippen molar-refractivity contribution in [2.75, 3.05) is 25.9 Å². The van der Waals surface area contributed by atoms with Crippen LogP contribution in [-0.2, 0) is 0 Å². The predicted molar refractivity (Wildman–Crippen MR) is 134 cm³/mol. The molecule has 1 aliphatic carbocycles. The van der Waals surface area contributed by atoms with Crippen LogP contribution in [0.2, 0.25) is 0 Å². The van der Waals surface area contributed by atoms with Crippen LogP contribution in [0.5, 0.6) is 5.75 Å². The van der Waals surface area contributed by atoms with Gasteiger partial charge in [0.15, 0.2) is 11.0 Å². The number of likely N-dealkylation sites (N-methyl/N-ethyl adjacent to an activating group) is 1. The zero-order chi connectivity index (χ0) is 26.4. The number of aliphatic imine (C=N–C) groups is 1. The zero-order valence-electron chi connectivity index (χ0n) is 21.9. The minimum absolute atomic E-state index is 0.0792. The molecule has 0 spiro atoms. The summed E-state index contributed by atoms with van der Waals surface area (Å²) in [5, 5.41) is 10.2. The van der Waals surface area contributed by atoms with Crippen molar-refractivity contribution in [3.63, 3.8) is 0 Å². The van der Waals surface area contributed by atoms with Gasteiger partial charge in [0.2, 0.25) is 0 Å². The molecule has 5 N–H and O–H groups in total. The summed E-state index contributed by atoms with van der Waals surface area (Å²) in [7, 11) is 0. The van der Waals surface area contributed by atoms with Gasteiger partial charge in [-0.1, -0.05) is 19.3 Å². The molecule has 2 amide bonds. The molecule has 0 unspecified atom stereocenters. The highest BCUT2D eigenvalue weighted by atomic mass is 35.5. The number of urea groups is 1. The maximum absolute atomic E-state index is 13.0. The van der Waals surface area contributed by atoms with E-state index < -0.39 is 24.2 Å². The Morgan fingerprint density at radius 3 is 2.97 bits per heavy atom. The molecule has 2 aromatic rings. The molecule has 2 aliphatic heterocycles. The Hall–Kier alpha value is -3.04. The molecule has 3 aliphatic rings. The van der Waals surface area contributed by atoms with E-state index in [-0.39, 0.29) is 11.0 Å². The highest BCUT2D eigenvalue weighted by Crippen LogP contribution is 2.46. The number of fused-ring (bicyclic) bond motifs is 2. The van der Waals surface area contributed by atoms with E-state index in [1.54, 1.807) is 12.3 Å². The number of aryl methyl sites for hydroxylation is 1. The number of aromatic nitrogens is 1. The molecule has 180 valence electrons. The molecule has 0 bridgehead atoms. The summed E-state index contributed by atoms with van der Waals surface area (Å²) in [6.07, 6.45) is 7.31. The lowest BCUT2D eigenvalue weighted by atomic mass is 9.71. The van der Waals surface area contributed by atoms with Crippen LogP contribution in [0.25, 0.3) is 10.9 Å². The number of pyridine rings is 1. The van der Waals surface area contributed by atoms with Crippen LogP contribution in [-0.4, -0.2) is 52.5 Å². The lowest BCUT2D eigenvalue weighted by molar-refractivity contribution is 0.119. The average molecular weight is 487 g/mol. The first-order valence-corrected chi connectivity index (χ1v) is 11.8. The number of hydrogen-bond acceptors (Lipinski definition) is 7. The van der Waals surface area contributed by atoms with Crippen LogP contribution in [0.1, 0.15) is 41.8 Å². The van der Waals surface area contributed by atoms with Crippen LogP contribution < -0.4 is 26.4 Å². The number of nitrogens with two attached hydrogens (primary N) is 1. The van der Waals surface area contributed by atoms with Crippen molar-refractivity contribution in [2.24, 2.45) is 4.99 Å². The lowest BCUT2D eigenvalue weighted by Crippen LogP contribution is -2.69. The average Bonchev–Trinajstić information content (AvgIpc) is 3.16. The SMILES string of the molecule is [2H]C([2H])([2H])N1C(=O)N[C@@]2(C3(NCCOc4ccnc5cc(C)c(N)cc45)CCCCC3)N=C(Cl)NC=C12. The van der Waals surface area contributed by atoms with Crippen molar-refractivity contribution in [1.29, 1.82) is 0 Å². The monoisotopic (exact) mass is 486 g/mol. The Bertz CT molecular complexity index is 1290. The highest BCUT2D eigenvalue weighted by molar-refractivity contribution is 6.65. The molecule has 1 atom stereocenters. The number of carbonyl (C=O) groups excluding carboxylic acids is 1. The number of nitrogens with zero attached hydrogens (tertiary/aromatic N) is 3. The lowest BCUT2D eigenvalue weighted by Gasteiger charge is -2.49. The summed E-state index contributed by atoms with van der Waals surface area (Å²) in [5.74, 6) is 0.667. The molecular formula is C24H30ClN7O2. The number of amidine groups is 1. The number of benzene rings is 1. The van der Waals surface area contributed by atoms with Crippen LogP contribution in [0, 0.1) is 6.92 Å². The van der Waals surface area contributed by atoms with Gasteiger partial charge >= 0.3 is 6.03 Å². The molecular weight excluding hydrogens is 454 g/mol. The molecule has 1 saturated carbocycles. The van der Waals surface area contributed by atoms with Gasteiger partial charge in [0, 0.05) is 41.1 Å². The second-order valence-electron chi connectivity index (χ2n) is 9.01. The molecule has 1 aromatic carbocycles. The Morgan fingerprint density at radius 1 is 1.35 bits per heavy atom. The van der Waals surface area contributed by atoms with Gasteiger partial charge in [0.05, 0.1) is 16.8 Å². The van der Waals surface area contributed by atoms with Gasteiger partial charge in [0.25, 0.3) is 0 Å². The number of ether oxygens (including phenoxy) is 1. The van der Waals surface area contributed by atoms with E-state index in [4.69, 9.17) is 26.2 Å². The Morgan fingerprint density at radius 2 is 2.18 bits per heavy atom. The molecule has 5 rings (SSSR count). The molecule has 10 heteroatoms. The normalized spacial score (nSPS) is 25.3. The number of anilines is 1. The second-order valence-corrected chi connectivity index (χ2v) is 9.36. The Balaban J connectivity index is 1.41. The van der Waals surface area contributed by atoms with E-state index in [0.717, 1.165) is 40.6 Å². The molecule has 0 radical (unpaired) electrons. The number of carbonyl (C=O) groups is 1. The van der Waals surface area contributed by atoms with E-state index in [1.807, 2.05) is 19.1 Å². The summed E-state index contributed by atoms with van der Waals surface area (Å²) in [6, 6.07) is 4.86. The van der Waals surface area contributed by atoms with Crippen molar-refractivity contribution in [3.05, 3.63) is 41.9 Å². The predicted octanol–water partition coefficient (Wildman–Crippen LogP) is 3.19. The van der Waals surface area contributed by atoms with Gasteiger partial charge in [0.1, 0.15) is 12.4 Å². The number of hydrogen-bond donors (Lipinski definition) is 4. The molecule has 1 aromatic heterocycles. The van der Waals surface area contributed by atoms with E-state index >= 15 is 0 Å². The summed E-state index contributed by atoms with van der Waals surface area (Å²) in [5.41, 5.74) is 6.62. The third-order valence-corrected chi connectivity index (χ3v) is 7.20. The Kier molecular flexibility index (Phi) is 4.89. The molecule has 1 saturated heterocycles. The van der Waals surface area contributed by atoms with E-state index in [9.17, 15) is 4.79 Å². The second kappa shape index (κ2) is 8.63. The summed E-state index contributed by atoms with van der Waals surface area (Å²) in [6.45, 7) is -0.00857. The van der Waals surface area contributed by atoms with Crippen LogP contribution in [0.4, 0.5) is 10.5 Å². The van der Waals surface area contributed by atoms with E-state index in [1.165, 1.54) is 6.20 Å². The maximum atomic E-state index is 13.0. The first-order chi connectivity index (χ1) is 17.6. The fourth-order valence-electron chi connectivity index (χ4n) is 5.27. The highest BCUT2D eigenvalue weighted by Gasteiger charge is 2.61. The van der Waals surface area contributed by atoms with Crippen molar-refractivity contribution >= 4 is 39.5 Å². The summed E-state index contributed by atoms with van der Waals surface area (Å²) in [4.78, 5) is 22.8. The molecule has 9 nitrogen and oxygen atoms in total. The first-order valence-electron chi connectivity index (χ1n) is 12.9. The standard InChI is InChI=1S/C24H30ClN7O2/c1-15-12-18-16(13-17(15)26)19(6-9-27-18)34-11-10-29-23(7-4-3-5-8-23)24-20(14-28-21(25)30-24)32(2)22(33)31-24/h6,9,12-14,29H,3-5,7-8,10-11,26H2,1-2H3,(H,28,30)(H,31,33)/t24-/m0/s1/i2D3. The minimum Gasteiger partial charge on any atom is -0.491 e. The van der Waals surface area contributed by atoms with Crippen molar-refractivity contribution in [2.45, 2.75) is 50.2 Å². The number of amides is 2.